The molecule has 3 N–H and O–H groups in total. The molecule has 25 heavy (non-hydrogen) atoms. The van der Waals surface area contributed by atoms with Crippen LogP contribution in [-0.4, -0.2) is 42.4 Å². The molecule has 1 saturated heterocycles. The van der Waals surface area contributed by atoms with Crippen molar-refractivity contribution in [3.63, 3.8) is 0 Å². The maximum Gasteiger partial charge on any atom is 0.129 e. The van der Waals surface area contributed by atoms with Gasteiger partial charge in [0.25, 0.3) is 0 Å². The number of ether oxygens (including phenoxy) is 1. The summed E-state index contributed by atoms with van der Waals surface area (Å²) in [5, 5.41) is 3.70. The highest BCUT2D eigenvalue weighted by molar-refractivity contribution is 5.54. The third-order valence-electron chi connectivity index (χ3n) is 6.29. The van der Waals surface area contributed by atoms with Crippen LogP contribution in [0.1, 0.15) is 51.6 Å². The Morgan fingerprint density at radius 1 is 1.28 bits per heavy atom. The lowest BCUT2D eigenvalue weighted by molar-refractivity contribution is -0.0174. The number of aryl methyl sites for hydroxylation is 1. The summed E-state index contributed by atoms with van der Waals surface area (Å²) in [4.78, 5) is 7.25. The second kappa shape index (κ2) is 6.44. The predicted octanol–water partition coefficient (Wildman–Crippen LogP) is 3.08. The Bertz CT molecular complexity index is 620. The fourth-order valence-electron chi connectivity index (χ4n) is 5.03. The molecule has 2 aliphatic carbocycles. The van der Waals surface area contributed by atoms with Gasteiger partial charge in [-0.15, -0.1) is 0 Å². The van der Waals surface area contributed by atoms with Gasteiger partial charge in [0.2, 0.25) is 0 Å². The van der Waals surface area contributed by atoms with E-state index in [2.05, 4.69) is 43.1 Å². The highest BCUT2D eigenvalue weighted by atomic mass is 16.5. The van der Waals surface area contributed by atoms with Crippen molar-refractivity contribution in [2.75, 3.05) is 23.3 Å². The summed E-state index contributed by atoms with van der Waals surface area (Å²) < 4.78 is 5.97. The van der Waals surface area contributed by atoms with Crippen LogP contribution in [0.25, 0.3) is 0 Å². The van der Waals surface area contributed by atoms with Crippen molar-refractivity contribution in [2.45, 2.75) is 77.2 Å². The molecule has 3 fully saturated rings. The normalized spacial score (nSPS) is 37.5. The molecule has 2 saturated carbocycles. The highest BCUT2D eigenvalue weighted by Crippen LogP contribution is 2.55. The number of pyridine rings is 1. The van der Waals surface area contributed by atoms with Gasteiger partial charge in [-0.1, -0.05) is 6.92 Å². The SMILES string of the molecule is CC[C@@H]1CN(c2ccc(NC3CC4(CC(N)C4)C3)c(C)n2)C[C@@H](C)O1. The number of hydrogen-bond donors (Lipinski definition) is 2. The van der Waals surface area contributed by atoms with Crippen LogP contribution in [0.15, 0.2) is 12.1 Å². The van der Waals surface area contributed by atoms with E-state index in [1.54, 1.807) is 0 Å². The summed E-state index contributed by atoms with van der Waals surface area (Å²) in [6.07, 6.45) is 6.58. The number of nitrogens with one attached hydrogen (secondary N) is 1. The predicted molar refractivity (Wildman–Crippen MR) is 102 cm³/mol. The molecule has 2 heterocycles. The Morgan fingerprint density at radius 3 is 2.68 bits per heavy atom. The van der Waals surface area contributed by atoms with Gasteiger partial charge in [0.15, 0.2) is 0 Å². The van der Waals surface area contributed by atoms with Crippen LogP contribution < -0.4 is 16.0 Å². The van der Waals surface area contributed by atoms with E-state index in [1.807, 2.05) is 0 Å². The molecule has 4 rings (SSSR count). The standard InChI is InChI=1S/C20H32N4O/c1-4-17-12-24(11-13(2)25-17)19-6-5-18(14(3)22-19)23-16-9-20(10-16)7-15(21)8-20/h5-6,13,15-17,23H,4,7-12,21H2,1-3H3/t13-,15?,16?,17-,20?/m1/s1. The zero-order valence-corrected chi connectivity index (χ0v) is 15.8. The number of rotatable bonds is 4. The monoisotopic (exact) mass is 344 g/mol. The van der Waals surface area contributed by atoms with E-state index < -0.39 is 0 Å². The van der Waals surface area contributed by atoms with Crippen molar-refractivity contribution in [3.05, 3.63) is 17.8 Å². The first-order valence-electron chi connectivity index (χ1n) is 9.86. The zero-order valence-electron chi connectivity index (χ0n) is 15.8. The fourth-order valence-corrected chi connectivity index (χ4v) is 5.03. The van der Waals surface area contributed by atoms with E-state index in [0.717, 1.165) is 31.0 Å². The molecule has 0 unspecified atom stereocenters. The Labute approximate surface area is 151 Å². The van der Waals surface area contributed by atoms with Gasteiger partial charge in [0, 0.05) is 25.2 Å². The summed E-state index contributed by atoms with van der Waals surface area (Å²) in [7, 11) is 0. The summed E-state index contributed by atoms with van der Waals surface area (Å²) >= 11 is 0. The second-order valence-electron chi connectivity index (χ2n) is 8.60. The van der Waals surface area contributed by atoms with Crippen LogP contribution >= 0.6 is 0 Å². The van der Waals surface area contributed by atoms with E-state index in [1.165, 1.54) is 31.4 Å². The van der Waals surface area contributed by atoms with Gasteiger partial charge in [-0.3, -0.25) is 0 Å². The molecule has 1 aromatic heterocycles. The summed E-state index contributed by atoms with van der Waals surface area (Å²) in [6.45, 7) is 8.30. The molecule has 0 bridgehead atoms. The Morgan fingerprint density at radius 2 is 2.04 bits per heavy atom. The fraction of sp³-hybridized carbons (Fsp3) is 0.750. The molecule has 0 amide bonds. The van der Waals surface area contributed by atoms with Gasteiger partial charge in [-0.05, 0) is 63.5 Å². The van der Waals surface area contributed by atoms with E-state index in [9.17, 15) is 0 Å². The average Bonchev–Trinajstić information content (AvgIpc) is 2.52. The Hall–Kier alpha value is -1.33. The van der Waals surface area contributed by atoms with Crippen LogP contribution in [0.3, 0.4) is 0 Å². The molecule has 5 heteroatoms. The minimum absolute atomic E-state index is 0.263. The maximum absolute atomic E-state index is 5.97. The molecule has 1 spiro atoms. The second-order valence-corrected chi connectivity index (χ2v) is 8.60. The van der Waals surface area contributed by atoms with Crippen LogP contribution in [0.4, 0.5) is 11.5 Å². The zero-order chi connectivity index (χ0) is 17.6. The van der Waals surface area contributed by atoms with Gasteiger partial charge >= 0.3 is 0 Å². The molecule has 3 aliphatic rings. The minimum Gasteiger partial charge on any atom is -0.381 e. The van der Waals surface area contributed by atoms with Crippen molar-refractivity contribution in [3.8, 4) is 0 Å². The molecule has 0 aromatic carbocycles. The molecule has 0 radical (unpaired) electrons. The van der Waals surface area contributed by atoms with E-state index in [0.29, 0.717) is 23.6 Å². The molecule has 1 aromatic rings. The minimum atomic E-state index is 0.263. The molecule has 5 nitrogen and oxygen atoms in total. The first-order valence-corrected chi connectivity index (χ1v) is 9.86. The quantitative estimate of drug-likeness (QED) is 0.879. The van der Waals surface area contributed by atoms with Crippen LogP contribution in [0.5, 0.6) is 0 Å². The molecular formula is C20H32N4O. The van der Waals surface area contributed by atoms with Gasteiger partial charge in [-0.25, -0.2) is 4.98 Å². The van der Waals surface area contributed by atoms with Gasteiger partial charge in [-0.2, -0.15) is 0 Å². The van der Waals surface area contributed by atoms with Gasteiger partial charge in [0.1, 0.15) is 5.82 Å². The van der Waals surface area contributed by atoms with Crippen LogP contribution in [-0.2, 0) is 4.74 Å². The number of nitrogens with two attached hydrogens (primary N) is 1. The van der Waals surface area contributed by atoms with E-state index in [4.69, 9.17) is 15.5 Å². The van der Waals surface area contributed by atoms with E-state index in [-0.39, 0.29) is 6.10 Å². The third-order valence-corrected chi connectivity index (χ3v) is 6.29. The highest BCUT2D eigenvalue weighted by Gasteiger charge is 2.51. The number of nitrogens with zero attached hydrogens (tertiary/aromatic N) is 2. The number of anilines is 2. The lowest BCUT2D eigenvalue weighted by atomic mass is 9.52. The average molecular weight is 345 g/mol. The molecule has 1 aliphatic heterocycles. The molecule has 2 atom stereocenters. The van der Waals surface area contributed by atoms with Crippen LogP contribution in [0, 0.1) is 12.3 Å². The van der Waals surface area contributed by atoms with Gasteiger partial charge < -0.3 is 20.7 Å². The largest absolute Gasteiger partial charge is 0.381 e. The Balaban J connectivity index is 1.38. The smallest absolute Gasteiger partial charge is 0.129 e. The Kier molecular flexibility index (Phi) is 4.40. The number of hydrogen-bond acceptors (Lipinski definition) is 5. The third kappa shape index (κ3) is 3.36. The summed E-state index contributed by atoms with van der Waals surface area (Å²) in [5.41, 5.74) is 8.80. The van der Waals surface area contributed by atoms with Crippen molar-refractivity contribution in [1.82, 2.24) is 4.98 Å². The molecular weight excluding hydrogens is 312 g/mol. The lowest BCUT2D eigenvalue weighted by Gasteiger charge is -2.57. The topological polar surface area (TPSA) is 63.4 Å². The summed E-state index contributed by atoms with van der Waals surface area (Å²) in [6, 6.07) is 5.41. The van der Waals surface area contributed by atoms with Crippen molar-refractivity contribution >= 4 is 11.5 Å². The number of aromatic nitrogens is 1. The lowest BCUT2D eigenvalue weighted by Crippen LogP contribution is -2.57. The first-order chi connectivity index (χ1) is 12.0. The number of morpholine rings is 1. The molecule has 138 valence electrons. The van der Waals surface area contributed by atoms with Crippen molar-refractivity contribution in [2.24, 2.45) is 11.1 Å². The van der Waals surface area contributed by atoms with Crippen molar-refractivity contribution in [1.29, 1.82) is 0 Å². The van der Waals surface area contributed by atoms with E-state index >= 15 is 0 Å². The van der Waals surface area contributed by atoms with Crippen LogP contribution in [0.2, 0.25) is 0 Å². The van der Waals surface area contributed by atoms with Gasteiger partial charge in [0.05, 0.1) is 23.6 Å². The van der Waals surface area contributed by atoms with Crippen molar-refractivity contribution < 1.29 is 4.74 Å². The summed E-state index contributed by atoms with van der Waals surface area (Å²) in [5.74, 6) is 1.08. The maximum atomic E-state index is 5.97. The first kappa shape index (κ1) is 17.1.